The Kier molecular flexibility index (Phi) is 17.9. The third-order valence-corrected chi connectivity index (χ3v) is 20.2. The van der Waals surface area contributed by atoms with Gasteiger partial charge in [-0.05, 0) is 218 Å². The lowest BCUT2D eigenvalue weighted by Gasteiger charge is -2.16. The molecule has 102 heavy (non-hydrogen) atoms. The molecule has 4 N–H and O–H groups in total. The van der Waals surface area contributed by atoms with Crippen LogP contribution in [-0.2, 0) is 52.4 Å². The Morgan fingerprint density at radius 2 is 0.824 bits per heavy atom. The minimum Gasteiger partial charge on any atom is -0.478 e. The minimum atomic E-state index is -0.934. The monoisotopic (exact) mass is 1400 g/mol. The van der Waals surface area contributed by atoms with Crippen molar-refractivity contribution in [2.75, 3.05) is 19.6 Å². The lowest BCUT2D eigenvalue weighted by molar-refractivity contribution is 0.0685. The number of aromatic nitrogens is 12. The van der Waals surface area contributed by atoms with Crippen molar-refractivity contribution in [3.05, 3.63) is 233 Å². The summed E-state index contributed by atoms with van der Waals surface area (Å²) < 4.78 is 7.97. The van der Waals surface area contributed by atoms with Crippen LogP contribution in [0, 0.1) is 19.8 Å². The van der Waals surface area contributed by atoms with E-state index in [9.17, 15) is 39.6 Å². The van der Waals surface area contributed by atoms with Gasteiger partial charge in [-0.1, -0.05) is 47.5 Å². The Balaban J connectivity index is 0.000000110. The van der Waals surface area contributed by atoms with Crippen molar-refractivity contribution >= 4 is 137 Å². The van der Waals surface area contributed by atoms with Gasteiger partial charge in [0.1, 0.15) is 0 Å². The highest BCUT2D eigenvalue weighted by molar-refractivity contribution is 6.32. The molecule has 4 aromatic carbocycles. The number of rotatable bonds is 14. The number of halogens is 2. The molecule has 9 heterocycles. The SMILES string of the molecule is CCn1nc2cc(C)ccc2c1C1=Cc2nccc(C(=O)O)c2C1.Cc1ccc2c(C3=Cc4nccc(C(=O)O)c4C3)n(CC3CC3)nc2c1.Cn1nc2ccc(Cl)cc2c1C1=Cc2nccc(C(=O)O)c2C1.O=C(O)c1ccnc2c1CC(c1c3cc(Cl)ccc3nn1CCN1CCCC1)=C2. The second-order valence-corrected chi connectivity index (χ2v) is 27.5. The normalized spacial score (nSPS) is 14.8. The van der Waals surface area contributed by atoms with E-state index in [1.807, 2.05) is 72.4 Å². The summed E-state index contributed by atoms with van der Waals surface area (Å²) in [5, 5.41) is 62.1. The van der Waals surface area contributed by atoms with Gasteiger partial charge in [0.15, 0.2) is 0 Å². The van der Waals surface area contributed by atoms with Crippen LogP contribution >= 0.6 is 23.2 Å². The zero-order chi connectivity index (χ0) is 70.8. The van der Waals surface area contributed by atoms with Crippen LogP contribution in [0.2, 0.25) is 10.0 Å². The molecule has 23 heteroatoms. The fourth-order valence-electron chi connectivity index (χ4n) is 14.8. The smallest absolute Gasteiger partial charge is 0.336 e. The number of hydrogen-bond acceptors (Lipinski definition) is 13. The first-order valence-electron chi connectivity index (χ1n) is 34.0. The van der Waals surface area contributed by atoms with Crippen LogP contribution in [0.5, 0.6) is 0 Å². The molecule has 1 saturated carbocycles. The molecule has 0 spiro atoms. The lowest BCUT2D eigenvalue weighted by atomic mass is 10.0. The van der Waals surface area contributed by atoms with E-state index in [4.69, 9.17) is 38.5 Å². The Morgan fingerprint density at radius 1 is 0.441 bits per heavy atom. The summed E-state index contributed by atoms with van der Waals surface area (Å²) in [5.41, 5.74) is 21.7. The summed E-state index contributed by atoms with van der Waals surface area (Å²) in [4.78, 5) is 65.9. The van der Waals surface area contributed by atoms with Crippen molar-refractivity contribution < 1.29 is 39.6 Å². The molecule has 12 aromatic rings. The van der Waals surface area contributed by atoms with Gasteiger partial charge < -0.3 is 25.3 Å². The van der Waals surface area contributed by atoms with E-state index in [0.29, 0.717) is 69.6 Å². The number of aryl methyl sites for hydroxylation is 4. The molecule has 1 aliphatic heterocycles. The van der Waals surface area contributed by atoms with Crippen molar-refractivity contribution in [1.82, 2.24) is 64.0 Å². The largest absolute Gasteiger partial charge is 0.478 e. The summed E-state index contributed by atoms with van der Waals surface area (Å²) in [6.45, 7) is 11.9. The van der Waals surface area contributed by atoms with Gasteiger partial charge in [-0.15, -0.1) is 0 Å². The van der Waals surface area contributed by atoms with E-state index >= 15 is 0 Å². The molecule has 512 valence electrons. The Labute approximate surface area is 595 Å². The van der Waals surface area contributed by atoms with E-state index in [-0.39, 0.29) is 0 Å². The third-order valence-electron chi connectivity index (χ3n) is 19.7. The van der Waals surface area contributed by atoms with E-state index in [2.05, 4.69) is 96.5 Å². The Bertz CT molecular complexity index is 5630. The number of carboxylic acid groups (broad SMARTS) is 4. The maximum atomic E-state index is 11.6. The summed E-state index contributed by atoms with van der Waals surface area (Å²) >= 11 is 12.4. The van der Waals surface area contributed by atoms with E-state index in [1.165, 1.54) is 49.1 Å². The Morgan fingerprint density at radius 3 is 1.25 bits per heavy atom. The predicted molar refractivity (Wildman–Crippen MR) is 395 cm³/mol. The van der Waals surface area contributed by atoms with Gasteiger partial charge in [0.25, 0.3) is 0 Å². The maximum absolute atomic E-state index is 11.6. The number of fused-ring (bicyclic) bond motifs is 8. The molecule has 5 aliphatic carbocycles. The van der Waals surface area contributed by atoms with Crippen LogP contribution in [-0.4, -0.2) is 128 Å². The van der Waals surface area contributed by atoms with Crippen LogP contribution in [0.4, 0.5) is 0 Å². The van der Waals surface area contributed by atoms with Gasteiger partial charge in [-0.3, -0.25) is 38.7 Å². The number of likely N-dealkylation sites (tertiary alicyclic amines) is 1. The van der Waals surface area contributed by atoms with Crippen LogP contribution in [0.25, 0.3) is 90.2 Å². The molecule has 2 fully saturated rings. The maximum Gasteiger partial charge on any atom is 0.336 e. The van der Waals surface area contributed by atoms with Crippen LogP contribution in [0.3, 0.4) is 0 Å². The number of benzene rings is 4. The average molecular weight is 1400 g/mol. The zero-order valence-corrected chi connectivity index (χ0v) is 57.8. The van der Waals surface area contributed by atoms with Crippen molar-refractivity contribution in [1.29, 1.82) is 0 Å². The van der Waals surface area contributed by atoms with Gasteiger partial charge in [0, 0.05) is 109 Å². The van der Waals surface area contributed by atoms with Gasteiger partial charge in [-0.25, -0.2) is 19.2 Å². The molecular weight excluding hydrogens is 1330 g/mol. The highest BCUT2D eigenvalue weighted by atomic mass is 35.5. The van der Waals surface area contributed by atoms with E-state index in [0.717, 1.165) is 167 Å². The minimum absolute atomic E-state index is 0.297. The van der Waals surface area contributed by atoms with Crippen molar-refractivity contribution in [2.24, 2.45) is 13.0 Å². The molecular formula is C79H69Cl2N13O8. The number of aromatic carboxylic acids is 4. The predicted octanol–water partition coefficient (Wildman–Crippen LogP) is 14.9. The van der Waals surface area contributed by atoms with E-state index in [1.54, 1.807) is 41.5 Å². The molecule has 0 unspecified atom stereocenters. The number of allylic oxidation sites excluding steroid dienone is 4. The van der Waals surface area contributed by atoms with Crippen LogP contribution < -0.4 is 0 Å². The highest BCUT2D eigenvalue weighted by Crippen LogP contribution is 2.42. The second kappa shape index (κ2) is 27.4. The van der Waals surface area contributed by atoms with Gasteiger partial charge >= 0.3 is 23.9 Å². The van der Waals surface area contributed by atoms with Crippen molar-refractivity contribution in [3.8, 4) is 0 Å². The molecule has 6 aliphatic rings. The highest BCUT2D eigenvalue weighted by Gasteiger charge is 2.32. The number of carboxylic acids is 4. The Hall–Kier alpha value is -11.3. The van der Waals surface area contributed by atoms with Gasteiger partial charge in [0.05, 0.1) is 96.4 Å². The first-order valence-corrected chi connectivity index (χ1v) is 34.7. The third kappa shape index (κ3) is 12.9. The standard InChI is InChI=1S/C22H21ClN4O2.C21H19N3O2.C19H17N3O2.C17H12ClN3O2/c23-15-3-4-19-18(13-15)21(27(25-19)10-9-26-7-1-2-8-26)14-11-17-16(22(28)29)5-6-24-20(17)12-14;1-12-2-5-16-19(8-12)23-24(11-13-3-4-13)20(16)14-9-17-15(21(25)26)6-7-22-18(17)10-14;1-3-22-18(14-5-4-11(2)8-17(14)21-22)12-9-15-13(19(23)24)6-7-20-16(15)10-12;1-21-16(13-8-10(18)2-3-14(13)20-21)9-6-12-11(17(22)23)4-5-19-15(12)7-9/h3-6,12-13H,1-2,7-11H2,(H,28,29);2,5-8,10,13H,3-4,9,11H2,1H3,(H,25,26);4-8,10H,3,9H2,1-2H3,(H,23,24);2-5,7-8H,6H2,1H3,(H,22,23). The quantitative estimate of drug-likeness (QED) is 0.0787. The van der Waals surface area contributed by atoms with Crippen molar-refractivity contribution in [3.63, 3.8) is 0 Å². The molecule has 0 bridgehead atoms. The first-order chi connectivity index (χ1) is 49.3. The van der Waals surface area contributed by atoms with Gasteiger partial charge in [-0.2, -0.15) is 20.4 Å². The summed E-state index contributed by atoms with van der Waals surface area (Å²) in [7, 11) is 1.87. The van der Waals surface area contributed by atoms with E-state index < -0.39 is 23.9 Å². The fourth-order valence-corrected chi connectivity index (χ4v) is 15.1. The molecule has 18 rings (SSSR count). The number of nitrogens with zero attached hydrogens (tertiary/aromatic N) is 13. The van der Waals surface area contributed by atoms with Crippen LogP contribution in [0.1, 0.15) is 153 Å². The number of carbonyl (C=O) groups is 4. The second-order valence-electron chi connectivity index (χ2n) is 26.6. The fraction of sp³-hybridized carbons (Fsp3) is 0.241. The molecule has 0 amide bonds. The number of hydrogen-bond donors (Lipinski definition) is 4. The topological polar surface area (TPSA) is 275 Å². The zero-order valence-electron chi connectivity index (χ0n) is 56.3. The molecule has 21 nitrogen and oxygen atoms in total. The summed E-state index contributed by atoms with van der Waals surface area (Å²) in [5.74, 6) is -2.95. The number of pyridine rings is 4. The summed E-state index contributed by atoms with van der Waals surface area (Å²) in [6, 6.07) is 30.2. The van der Waals surface area contributed by atoms with Crippen molar-refractivity contribution in [2.45, 2.75) is 91.8 Å². The van der Waals surface area contributed by atoms with Crippen LogP contribution in [0.15, 0.2) is 122 Å². The molecule has 0 radical (unpaired) electrons. The average Bonchev–Trinajstić information content (AvgIpc) is 1.62. The molecule has 0 atom stereocenters. The first kappa shape index (κ1) is 66.6. The summed E-state index contributed by atoms with van der Waals surface area (Å²) in [6.07, 6.45) is 21.4. The molecule has 1 saturated heterocycles. The lowest BCUT2D eigenvalue weighted by Crippen LogP contribution is -2.25. The molecule has 8 aromatic heterocycles. The van der Waals surface area contributed by atoms with Gasteiger partial charge in [0.2, 0.25) is 0 Å².